The summed E-state index contributed by atoms with van der Waals surface area (Å²) in [5, 5.41) is 0. The van der Waals surface area contributed by atoms with E-state index < -0.39 is 48.5 Å². The predicted molar refractivity (Wildman–Crippen MR) is 68.2 cm³/mol. The van der Waals surface area contributed by atoms with Gasteiger partial charge in [0.2, 0.25) is 12.4 Å². The molecule has 2 unspecified atom stereocenters. The van der Waals surface area contributed by atoms with E-state index >= 15 is 0 Å². The van der Waals surface area contributed by atoms with E-state index in [1.807, 2.05) is 0 Å². The van der Waals surface area contributed by atoms with Gasteiger partial charge in [0.15, 0.2) is 12.2 Å². The molecule has 0 radical (unpaired) electrons. The lowest BCUT2D eigenvalue weighted by Gasteiger charge is -2.39. The van der Waals surface area contributed by atoms with Gasteiger partial charge in [0.1, 0.15) is 0 Å². The zero-order valence-corrected chi connectivity index (χ0v) is 12.7. The van der Waals surface area contributed by atoms with Gasteiger partial charge in [0.25, 0.3) is 0 Å². The fraction of sp³-hybridized carbons (Fsp3) is 0.692. The molecule has 124 valence electrons. The Hall–Kier alpha value is -2.16. The minimum atomic E-state index is -1.27. The highest BCUT2D eigenvalue weighted by atomic mass is 16.7. The van der Waals surface area contributed by atoms with Crippen molar-refractivity contribution in [3.8, 4) is 0 Å². The Kier molecular flexibility index (Phi) is 6.29. The molecule has 0 aromatic heterocycles. The normalized spacial score (nSPS) is 27.5. The van der Waals surface area contributed by atoms with Crippen molar-refractivity contribution in [2.75, 3.05) is 6.61 Å². The summed E-state index contributed by atoms with van der Waals surface area (Å²) in [6.45, 7) is 4.40. The zero-order valence-electron chi connectivity index (χ0n) is 12.7. The summed E-state index contributed by atoms with van der Waals surface area (Å²) < 4.78 is 25.2. The molecule has 22 heavy (non-hydrogen) atoms. The van der Waals surface area contributed by atoms with Crippen LogP contribution in [0, 0.1) is 0 Å². The van der Waals surface area contributed by atoms with Crippen LogP contribution in [0.25, 0.3) is 0 Å². The molecule has 1 fully saturated rings. The van der Waals surface area contributed by atoms with Crippen LogP contribution in [0.5, 0.6) is 0 Å². The Balaban J connectivity index is 3.03. The van der Waals surface area contributed by atoms with Gasteiger partial charge < -0.3 is 23.7 Å². The third-order valence-corrected chi connectivity index (χ3v) is 2.59. The van der Waals surface area contributed by atoms with Gasteiger partial charge in [-0.1, -0.05) is 0 Å². The van der Waals surface area contributed by atoms with Gasteiger partial charge in [-0.05, 0) is 0 Å². The van der Waals surface area contributed by atoms with E-state index in [-0.39, 0.29) is 6.61 Å². The SMILES string of the molecule is CC(=O)OC1OC[C@H](OC(C)=O)[C@H](OC(C)=O)C1OC(C)=O. The quantitative estimate of drug-likeness (QED) is 0.509. The van der Waals surface area contributed by atoms with Crippen molar-refractivity contribution < 1.29 is 42.9 Å². The van der Waals surface area contributed by atoms with Gasteiger partial charge >= 0.3 is 23.9 Å². The van der Waals surface area contributed by atoms with Crippen LogP contribution >= 0.6 is 0 Å². The summed E-state index contributed by atoms with van der Waals surface area (Å²) in [5.74, 6) is -2.68. The lowest BCUT2D eigenvalue weighted by Crippen LogP contribution is -2.58. The summed E-state index contributed by atoms with van der Waals surface area (Å²) in [7, 11) is 0. The second kappa shape index (κ2) is 7.74. The lowest BCUT2D eigenvalue weighted by atomic mass is 10.0. The van der Waals surface area contributed by atoms with Crippen molar-refractivity contribution in [3.63, 3.8) is 0 Å². The van der Waals surface area contributed by atoms with Gasteiger partial charge in [-0.25, -0.2) is 0 Å². The molecule has 1 heterocycles. The van der Waals surface area contributed by atoms with Crippen LogP contribution in [0.4, 0.5) is 0 Å². The molecule has 0 aromatic rings. The molecule has 4 atom stereocenters. The van der Waals surface area contributed by atoms with Crippen LogP contribution in [-0.4, -0.2) is 55.1 Å². The number of hydrogen-bond donors (Lipinski definition) is 0. The van der Waals surface area contributed by atoms with E-state index in [4.69, 9.17) is 23.7 Å². The Morgan fingerprint density at radius 1 is 0.727 bits per heavy atom. The van der Waals surface area contributed by atoms with Gasteiger partial charge in [-0.15, -0.1) is 0 Å². The molecule has 0 bridgehead atoms. The maximum atomic E-state index is 11.3. The number of ether oxygens (including phenoxy) is 5. The number of hydrogen-bond acceptors (Lipinski definition) is 9. The number of carbonyl (C=O) groups is 4. The molecule has 9 heteroatoms. The Morgan fingerprint density at radius 2 is 1.18 bits per heavy atom. The third-order valence-electron chi connectivity index (χ3n) is 2.59. The fourth-order valence-corrected chi connectivity index (χ4v) is 1.97. The first-order chi connectivity index (χ1) is 10.2. The van der Waals surface area contributed by atoms with E-state index in [1.54, 1.807) is 0 Å². The molecule has 1 rings (SSSR count). The largest absolute Gasteiger partial charge is 0.456 e. The molecular formula is C13H18O9. The highest BCUT2D eigenvalue weighted by Crippen LogP contribution is 2.25. The van der Waals surface area contributed by atoms with Gasteiger partial charge in [-0.2, -0.15) is 0 Å². The highest BCUT2D eigenvalue weighted by Gasteiger charge is 2.48. The molecule has 1 aliphatic heterocycles. The van der Waals surface area contributed by atoms with Crippen LogP contribution < -0.4 is 0 Å². The number of esters is 4. The van der Waals surface area contributed by atoms with E-state index in [9.17, 15) is 19.2 Å². The van der Waals surface area contributed by atoms with E-state index in [0.717, 1.165) is 20.8 Å². The van der Waals surface area contributed by atoms with Crippen molar-refractivity contribution in [1.82, 2.24) is 0 Å². The predicted octanol–water partition coefficient (Wildman–Crippen LogP) is -0.299. The van der Waals surface area contributed by atoms with Crippen molar-refractivity contribution >= 4 is 23.9 Å². The van der Waals surface area contributed by atoms with Crippen LogP contribution in [0.1, 0.15) is 27.7 Å². The summed E-state index contributed by atoms with van der Waals surface area (Å²) in [4.78, 5) is 44.7. The monoisotopic (exact) mass is 318 g/mol. The average Bonchev–Trinajstić information content (AvgIpc) is 2.34. The van der Waals surface area contributed by atoms with Crippen LogP contribution in [0.15, 0.2) is 0 Å². The first-order valence-electron chi connectivity index (χ1n) is 6.51. The van der Waals surface area contributed by atoms with E-state index in [0.29, 0.717) is 0 Å². The molecule has 0 saturated carbocycles. The second-order valence-corrected chi connectivity index (χ2v) is 4.61. The molecule has 0 aromatic carbocycles. The van der Waals surface area contributed by atoms with Crippen LogP contribution in [-0.2, 0) is 42.9 Å². The Labute approximate surface area is 126 Å². The van der Waals surface area contributed by atoms with Crippen molar-refractivity contribution in [2.45, 2.75) is 52.3 Å². The van der Waals surface area contributed by atoms with Gasteiger partial charge in [-0.3, -0.25) is 19.2 Å². The molecule has 1 saturated heterocycles. The minimum Gasteiger partial charge on any atom is -0.456 e. The first-order valence-corrected chi connectivity index (χ1v) is 6.51. The Morgan fingerprint density at radius 3 is 1.64 bits per heavy atom. The molecule has 0 spiro atoms. The third kappa shape index (κ3) is 5.32. The standard InChI is InChI=1S/C13H18O9/c1-6(14)19-10-5-18-13(22-9(4)17)12(21-8(3)16)11(10)20-7(2)15/h10-13H,5H2,1-4H3/t10-,11-,12?,13?/m0/s1. The highest BCUT2D eigenvalue weighted by molar-refractivity contribution is 5.69. The fourth-order valence-electron chi connectivity index (χ4n) is 1.97. The van der Waals surface area contributed by atoms with Crippen LogP contribution in [0.2, 0.25) is 0 Å². The summed E-state index contributed by atoms with van der Waals surface area (Å²) in [6.07, 6.45) is -4.65. The van der Waals surface area contributed by atoms with E-state index in [2.05, 4.69) is 0 Å². The van der Waals surface area contributed by atoms with Crippen LogP contribution in [0.3, 0.4) is 0 Å². The molecule has 0 amide bonds. The Bertz CT molecular complexity index is 416. The van der Waals surface area contributed by atoms with Crippen molar-refractivity contribution in [2.24, 2.45) is 0 Å². The molecular weight excluding hydrogens is 300 g/mol. The maximum absolute atomic E-state index is 11.3. The molecule has 1 aliphatic rings. The van der Waals surface area contributed by atoms with Crippen molar-refractivity contribution in [3.05, 3.63) is 0 Å². The second-order valence-electron chi connectivity index (χ2n) is 4.61. The van der Waals surface area contributed by atoms with Crippen molar-refractivity contribution in [1.29, 1.82) is 0 Å². The smallest absolute Gasteiger partial charge is 0.305 e. The number of carbonyl (C=O) groups excluding carboxylic acids is 4. The summed E-state index contributed by atoms with van der Waals surface area (Å²) in [6, 6.07) is 0. The minimum absolute atomic E-state index is 0.187. The average molecular weight is 318 g/mol. The summed E-state index contributed by atoms with van der Waals surface area (Å²) in [5.41, 5.74) is 0. The zero-order chi connectivity index (χ0) is 16.9. The maximum Gasteiger partial charge on any atom is 0.305 e. The summed E-state index contributed by atoms with van der Waals surface area (Å²) >= 11 is 0. The van der Waals surface area contributed by atoms with Gasteiger partial charge in [0, 0.05) is 27.7 Å². The molecule has 0 aliphatic carbocycles. The topological polar surface area (TPSA) is 114 Å². The first kappa shape index (κ1) is 17.9. The van der Waals surface area contributed by atoms with Gasteiger partial charge in [0.05, 0.1) is 6.61 Å². The molecule has 0 N–H and O–H groups in total. The van der Waals surface area contributed by atoms with E-state index in [1.165, 1.54) is 6.92 Å². The molecule has 9 nitrogen and oxygen atoms in total. The number of rotatable bonds is 4. The lowest BCUT2D eigenvalue weighted by molar-refractivity contribution is -0.273.